The van der Waals surface area contributed by atoms with Gasteiger partial charge in [-0.05, 0) is 89.0 Å². The highest BCUT2D eigenvalue weighted by Crippen LogP contribution is 2.62. The average molecular weight is 652 g/mol. The number of morpholine rings is 1. The SMILES string of the molecule is CC(C)(C)OC(=O)N1CCOC[C@@H]1c1ccc(-n2c(Cl)cc3c(=O)n(CC4(O)CCN(C(=O)C5(C6CC6)CC5)CC4)cnc32)cc1. The molecule has 0 unspecified atom stereocenters. The molecule has 12 heteroatoms. The Morgan fingerprint density at radius 1 is 1.09 bits per heavy atom. The molecule has 4 fully saturated rings. The molecule has 4 aliphatic rings. The lowest BCUT2D eigenvalue weighted by molar-refractivity contribution is -0.142. The first kappa shape index (κ1) is 31.2. The molecule has 11 nitrogen and oxygen atoms in total. The number of aliphatic hydroxyl groups is 1. The van der Waals surface area contributed by atoms with Gasteiger partial charge in [0.05, 0.1) is 42.2 Å². The van der Waals surface area contributed by atoms with Crippen LogP contribution < -0.4 is 5.56 Å². The lowest BCUT2D eigenvalue weighted by atomic mass is 9.89. The normalized spacial score (nSPS) is 22.6. The molecule has 2 aliphatic carbocycles. The number of carbonyl (C=O) groups excluding carboxylic acids is 2. The molecular weight excluding hydrogens is 610 g/mol. The van der Waals surface area contributed by atoms with Gasteiger partial charge in [0.1, 0.15) is 17.1 Å². The fourth-order valence-electron chi connectivity index (χ4n) is 7.19. The summed E-state index contributed by atoms with van der Waals surface area (Å²) in [5.74, 6) is 0.809. The summed E-state index contributed by atoms with van der Waals surface area (Å²) in [4.78, 5) is 47.9. The molecule has 0 bridgehead atoms. The van der Waals surface area contributed by atoms with Gasteiger partial charge in [-0.1, -0.05) is 23.7 Å². The van der Waals surface area contributed by atoms with Crippen LogP contribution in [0.4, 0.5) is 4.79 Å². The third-order valence-corrected chi connectivity index (χ3v) is 10.3. The standard InChI is InChI=1S/C34H42ClN5O6/c1-32(2,3)46-31(43)39-16-17-45-19-26(39)22-4-8-24(9-5-22)40-27(35)18-25-28(40)36-21-38(29(25)41)20-33(44)12-14-37(15-13-33)30(42)34(10-11-34)23-6-7-23/h4-5,8-9,18,21,23,26,44H,6-7,10-17,19-20H2,1-3H3/t26-/m1/s1. The molecule has 2 aliphatic heterocycles. The average Bonchev–Trinajstić information content (AvgIpc) is 3.95. The van der Waals surface area contributed by atoms with Crippen molar-refractivity contribution in [1.29, 1.82) is 0 Å². The van der Waals surface area contributed by atoms with Crippen LogP contribution in [-0.4, -0.2) is 85.1 Å². The van der Waals surface area contributed by atoms with Gasteiger partial charge in [-0.3, -0.25) is 23.6 Å². The molecule has 46 heavy (non-hydrogen) atoms. The maximum Gasteiger partial charge on any atom is 0.410 e. The zero-order valence-electron chi connectivity index (χ0n) is 26.7. The number of hydrogen-bond acceptors (Lipinski definition) is 7. The van der Waals surface area contributed by atoms with E-state index in [0.29, 0.717) is 73.5 Å². The van der Waals surface area contributed by atoms with Crippen LogP contribution in [0.1, 0.15) is 70.9 Å². The monoisotopic (exact) mass is 651 g/mol. The number of carbonyl (C=O) groups is 2. The minimum Gasteiger partial charge on any atom is -0.444 e. The summed E-state index contributed by atoms with van der Waals surface area (Å²) >= 11 is 6.67. The molecule has 0 radical (unpaired) electrons. The molecule has 2 amide bonds. The first-order valence-electron chi connectivity index (χ1n) is 16.3. The minimum absolute atomic E-state index is 0.0969. The number of amides is 2. The van der Waals surface area contributed by atoms with Crippen LogP contribution in [-0.2, 0) is 20.8 Å². The molecule has 4 heterocycles. The molecule has 2 aromatic heterocycles. The van der Waals surface area contributed by atoms with Crippen LogP contribution in [0.5, 0.6) is 0 Å². The van der Waals surface area contributed by atoms with Crippen molar-refractivity contribution in [3.8, 4) is 5.69 Å². The first-order chi connectivity index (χ1) is 21.9. The molecular formula is C34H42ClN5O6. The Hall–Kier alpha value is -3.41. The van der Waals surface area contributed by atoms with E-state index in [1.165, 1.54) is 10.9 Å². The number of likely N-dealkylation sites (tertiary alicyclic amines) is 1. The first-order valence-corrected chi connectivity index (χ1v) is 16.7. The summed E-state index contributed by atoms with van der Waals surface area (Å²) < 4.78 is 14.5. The van der Waals surface area contributed by atoms with Crippen LogP contribution in [0.25, 0.3) is 16.7 Å². The molecule has 1 N–H and O–H groups in total. The van der Waals surface area contributed by atoms with Gasteiger partial charge in [-0.15, -0.1) is 0 Å². The second kappa shape index (κ2) is 11.4. The fraction of sp³-hybridized carbons (Fsp3) is 0.588. The highest BCUT2D eigenvalue weighted by atomic mass is 35.5. The van der Waals surface area contributed by atoms with Crippen molar-refractivity contribution in [1.82, 2.24) is 23.9 Å². The van der Waals surface area contributed by atoms with Gasteiger partial charge in [0.15, 0.2) is 5.65 Å². The Morgan fingerprint density at radius 2 is 1.78 bits per heavy atom. The second-order valence-electron chi connectivity index (χ2n) is 14.5. The van der Waals surface area contributed by atoms with Crippen LogP contribution in [0.15, 0.2) is 41.5 Å². The number of rotatable bonds is 6. The van der Waals surface area contributed by atoms with Crippen LogP contribution in [0.3, 0.4) is 0 Å². The highest BCUT2D eigenvalue weighted by Gasteiger charge is 2.60. The molecule has 0 spiro atoms. The smallest absolute Gasteiger partial charge is 0.410 e. The van der Waals surface area contributed by atoms with Crippen molar-refractivity contribution in [2.45, 2.75) is 83.1 Å². The quantitative estimate of drug-likeness (QED) is 0.411. The van der Waals surface area contributed by atoms with Crippen molar-refractivity contribution in [3.05, 3.63) is 57.7 Å². The highest BCUT2D eigenvalue weighted by molar-refractivity contribution is 6.31. The van der Waals surface area contributed by atoms with Gasteiger partial charge in [-0.2, -0.15) is 0 Å². The number of halogens is 1. The molecule has 7 rings (SSSR count). The van der Waals surface area contributed by atoms with E-state index < -0.39 is 11.2 Å². The second-order valence-corrected chi connectivity index (χ2v) is 14.9. The Morgan fingerprint density at radius 3 is 2.41 bits per heavy atom. The van der Waals surface area contributed by atoms with Crippen LogP contribution >= 0.6 is 11.6 Å². The number of fused-ring (bicyclic) bond motifs is 1. The summed E-state index contributed by atoms with van der Waals surface area (Å²) in [5, 5.41) is 12.1. The lowest BCUT2D eigenvalue weighted by Gasteiger charge is -2.39. The maximum absolute atomic E-state index is 13.6. The van der Waals surface area contributed by atoms with Crippen molar-refractivity contribution in [3.63, 3.8) is 0 Å². The molecule has 2 saturated carbocycles. The Balaban J connectivity index is 1.07. The summed E-state index contributed by atoms with van der Waals surface area (Å²) in [6.07, 6.45) is 6.21. The maximum atomic E-state index is 13.6. The van der Waals surface area contributed by atoms with E-state index in [0.717, 1.165) is 31.2 Å². The van der Waals surface area contributed by atoms with Crippen LogP contribution in [0.2, 0.25) is 5.15 Å². The van der Waals surface area contributed by atoms with Crippen molar-refractivity contribution in [2.24, 2.45) is 11.3 Å². The van der Waals surface area contributed by atoms with E-state index in [2.05, 4.69) is 4.98 Å². The number of benzene rings is 1. The van der Waals surface area contributed by atoms with E-state index in [1.807, 2.05) is 49.9 Å². The summed E-state index contributed by atoms with van der Waals surface area (Å²) in [6.45, 7) is 7.85. The van der Waals surface area contributed by atoms with Crippen molar-refractivity contribution >= 4 is 34.6 Å². The molecule has 1 atom stereocenters. The number of aromatic nitrogens is 3. The fourth-order valence-corrected chi connectivity index (χ4v) is 7.48. The zero-order valence-corrected chi connectivity index (χ0v) is 27.5. The third-order valence-electron chi connectivity index (χ3n) is 10.1. The molecule has 3 aromatic rings. The molecule has 246 valence electrons. The number of piperidine rings is 1. The summed E-state index contributed by atoms with van der Waals surface area (Å²) in [6, 6.07) is 8.89. The molecule has 2 saturated heterocycles. The van der Waals surface area contributed by atoms with Gasteiger partial charge >= 0.3 is 6.09 Å². The minimum atomic E-state index is -1.11. The predicted octanol–water partition coefficient (Wildman–Crippen LogP) is 4.69. The van der Waals surface area contributed by atoms with Crippen LogP contribution in [0, 0.1) is 11.3 Å². The predicted molar refractivity (Wildman–Crippen MR) is 172 cm³/mol. The Kier molecular flexibility index (Phi) is 7.72. The van der Waals surface area contributed by atoms with E-state index in [4.69, 9.17) is 21.1 Å². The van der Waals surface area contributed by atoms with Gasteiger partial charge in [-0.25, -0.2) is 9.78 Å². The summed E-state index contributed by atoms with van der Waals surface area (Å²) in [5.41, 5.74) is -0.109. The van der Waals surface area contributed by atoms with E-state index in [9.17, 15) is 19.5 Å². The number of nitrogens with zero attached hydrogens (tertiary/aromatic N) is 5. The van der Waals surface area contributed by atoms with E-state index in [1.54, 1.807) is 15.5 Å². The largest absolute Gasteiger partial charge is 0.444 e. The van der Waals surface area contributed by atoms with Gasteiger partial charge < -0.3 is 19.5 Å². The lowest BCUT2D eigenvalue weighted by Crippen LogP contribution is -2.51. The molecule has 1 aromatic carbocycles. The topological polar surface area (TPSA) is 119 Å². The number of ether oxygens (including phenoxy) is 2. The third kappa shape index (κ3) is 5.82. The Labute approximate surface area is 273 Å². The summed E-state index contributed by atoms with van der Waals surface area (Å²) in [7, 11) is 0. The Bertz CT molecular complexity index is 1710. The van der Waals surface area contributed by atoms with Gasteiger partial charge in [0.2, 0.25) is 5.91 Å². The van der Waals surface area contributed by atoms with Gasteiger partial charge in [0, 0.05) is 25.3 Å². The van der Waals surface area contributed by atoms with E-state index in [-0.39, 0.29) is 35.6 Å². The van der Waals surface area contributed by atoms with E-state index >= 15 is 0 Å². The number of hydrogen-bond donors (Lipinski definition) is 1. The van der Waals surface area contributed by atoms with Crippen molar-refractivity contribution < 1.29 is 24.2 Å². The van der Waals surface area contributed by atoms with Crippen molar-refractivity contribution in [2.75, 3.05) is 32.8 Å². The van der Waals surface area contributed by atoms with Gasteiger partial charge in [0.25, 0.3) is 5.56 Å². The zero-order chi connectivity index (χ0) is 32.4.